The summed E-state index contributed by atoms with van der Waals surface area (Å²) in [6.45, 7) is 0. The van der Waals surface area contributed by atoms with Crippen molar-refractivity contribution in [3.8, 4) is 0 Å². The molecule has 0 aliphatic heterocycles. The topological polar surface area (TPSA) is 53.5 Å². The van der Waals surface area contributed by atoms with Crippen molar-refractivity contribution in [1.82, 2.24) is 29.1 Å². The van der Waals surface area contributed by atoms with Crippen LogP contribution in [0.25, 0.3) is 0 Å². The van der Waals surface area contributed by atoms with Crippen molar-refractivity contribution < 1.29 is 0 Å². The molecule has 0 spiro atoms. The van der Waals surface area contributed by atoms with Gasteiger partial charge in [-0.2, -0.15) is 15.3 Å². The maximum absolute atomic E-state index is 4.54. The van der Waals surface area contributed by atoms with Gasteiger partial charge in [-0.15, -0.1) is 0 Å². The molecule has 0 fully saturated rings. The van der Waals surface area contributed by atoms with Gasteiger partial charge in [0.1, 0.15) is 27.6 Å². The third-order valence-corrected chi connectivity index (χ3v) is 12.3. The van der Waals surface area contributed by atoms with E-state index in [0.717, 1.165) is 13.4 Å². The molecule has 16 heteroatoms. The van der Waals surface area contributed by atoms with E-state index in [2.05, 4.69) is 159 Å². The number of rotatable bonds is 3. The molecule has 0 saturated heterocycles. The van der Waals surface area contributed by atoms with Crippen molar-refractivity contribution in [3.63, 3.8) is 0 Å². The van der Waals surface area contributed by atoms with Crippen LogP contribution in [0.4, 0.5) is 0 Å². The molecule has 0 atom stereocenters. The standard InChI is InChI=1S/C9BBr9N6/c11-1-4(14)20-23(7(1)17)10(24-8(18)2(12)5(15)21-24)25-9(19)3(13)6(16)22-25. The number of hydrogen-bond donors (Lipinski definition) is 0. The Morgan fingerprint density at radius 2 is 0.720 bits per heavy atom. The number of nitrogens with zero attached hydrogens (tertiary/aromatic N) is 6. The van der Waals surface area contributed by atoms with Crippen molar-refractivity contribution in [3.05, 3.63) is 41.0 Å². The van der Waals surface area contributed by atoms with E-state index in [1.54, 1.807) is 13.8 Å². The first-order valence-corrected chi connectivity index (χ1v) is 13.1. The zero-order valence-electron chi connectivity index (χ0n) is 11.2. The molecule has 3 rings (SSSR count). The fourth-order valence-electron chi connectivity index (χ4n) is 1.87. The Morgan fingerprint density at radius 3 is 0.880 bits per heavy atom. The third-order valence-electron chi connectivity index (χ3n) is 2.93. The first kappa shape index (κ1) is 21.7. The number of hydrogen-bond acceptors (Lipinski definition) is 3. The molecular formula is C9BBr9N6. The van der Waals surface area contributed by atoms with E-state index in [0.29, 0.717) is 27.6 Å². The lowest BCUT2D eigenvalue weighted by atomic mass is 9.96. The molecule has 0 bridgehead atoms. The van der Waals surface area contributed by atoms with E-state index in [1.165, 1.54) is 0 Å². The van der Waals surface area contributed by atoms with E-state index in [-0.39, 0.29) is 0 Å². The summed E-state index contributed by atoms with van der Waals surface area (Å²) in [6.07, 6.45) is 0. The molecule has 0 N–H and O–H groups in total. The van der Waals surface area contributed by atoms with Crippen LogP contribution in [-0.2, 0) is 0 Å². The van der Waals surface area contributed by atoms with Crippen molar-refractivity contribution in [2.75, 3.05) is 0 Å². The lowest BCUT2D eigenvalue weighted by molar-refractivity contribution is 0.743. The van der Waals surface area contributed by atoms with Crippen LogP contribution in [-0.4, -0.2) is 36.2 Å². The minimum Gasteiger partial charge on any atom is -0.253 e. The molecule has 0 amide bonds. The Morgan fingerprint density at radius 1 is 0.480 bits per heavy atom. The van der Waals surface area contributed by atoms with Crippen molar-refractivity contribution in [2.45, 2.75) is 0 Å². The largest absolute Gasteiger partial charge is 0.571 e. The van der Waals surface area contributed by atoms with Crippen LogP contribution in [0.5, 0.6) is 0 Å². The van der Waals surface area contributed by atoms with E-state index in [1.807, 2.05) is 0 Å². The molecule has 3 aromatic heterocycles. The van der Waals surface area contributed by atoms with Crippen molar-refractivity contribution >= 4 is 150 Å². The predicted octanol–water partition coefficient (Wildman–Crippen LogP) is 7.07. The first-order valence-electron chi connectivity index (χ1n) is 5.92. The summed E-state index contributed by atoms with van der Waals surface area (Å²) in [5.74, 6) is 0. The maximum Gasteiger partial charge on any atom is 0.571 e. The molecule has 3 heterocycles. The van der Waals surface area contributed by atoms with Gasteiger partial charge in [0, 0.05) is 0 Å². The van der Waals surface area contributed by atoms with Crippen LogP contribution in [0.15, 0.2) is 41.0 Å². The zero-order chi connectivity index (χ0) is 18.6. The highest BCUT2D eigenvalue weighted by molar-refractivity contribution is 9.15. The zero-order valence-corrected chi connectivity index (χ0v) is 25.4. The fourth-order valence-corrected chi connectivity index (χ4v) is 5.88. The summed E-state index contributed by atoms with van der Waals surface area (Å²) in [5, 5.41) is 13.6. The van der Waals surface area contributed by atoms with Gasteiger partial charge in [0.25, 0.3) is 0 Å². The normalized spacial score (nSPS) is 11.4. The Kier molecular flexibility index (Phi) is 7.30. The van der Waals surface area contributed by atoms with Gasteiger partial charge in [0.15, 0.2) is 0 Å². The summed E-state index contributed by atoms with van der Waals surface area (Å²) in [7, 11) is -0.564. The summed E-state index contributed by atoms with van der Waals surface area (Å²) in [5.41, 5.74) is 0. The van der Waals surface area contributed by atoms with Gasteiger partial charge in [-0.25, -0.2) is 0 Å². The molecule has 6 nitrogen and oxygen atoms in total. The van der Waals surface area contributed by atoms with E-state index >= 15 is 0 Å². The SMILES string of the molecule is Brc1nn(B(n2nc(Br)c(Br)c2Br)n2nc(Br)c(Br)c2Br)c(Br)c1Br. The van der Waals surface area contributed by atoms with Gasteiger partial charge >= 0.3 is 7.12 Å². The van der Waals surface area contributed by atoms with Crippen LogP contribution in [0, 0.1) is 0 Å². The van der Waals surface area contributed by atoms with Gasteiger partial charge < -0.3 is 0 Å². The lowest BCUT2D eigenvalue weighted by Gasteiger charge is -2.16. The Balaban J connectivity index is 2.34. The number of halogens is 9. The van der Waals surface area contributed by atoms with Crippen molar-refractivity contribution in [1.29, 1.82) is 0 Å². The minimum atomic E-state index is -0.564. The third kappa shape index (κ3) is 3.90. The second-order valence-corrected chi connectivity index (χ2v) is 11.3. The average molecular weight is 922 g/mol. The van der Waals surface area contributed by atoms with Crippen LogP contribution >= 0.6 is 143 Å². The van der Waals surface area contributed by atoms with Crippen LogP contribution in [0.1, 0.15) is 0 Å². The summed E-state index contributed by atoms with van der Waals surface area (Å²) in [6, 6.07) is 0. The Hall–Kier alpha value is 2.01. The second kappa shape index (κ2) is 8.40. The highest BCUT2D eigenvalue weighted by Crippen LogP contribution is 2.36. The fraction of sp³-hybridized carbons (Fsp3) is 0. The van der Waals surface area contributed by atoms with Crippen molar-refractivity contribution in [2.24, 2.45) is 0 Å². The highest BCUT2D eigenvalue weighted by Gasteiger charge is 2.37. The number of aromatic nitrogens is 6. The smallest absolute Gasteiger partial charge is 0.253 e. The molecular weight excluding hydrogens is 922 g/mol. The van der Waals surface area contributed by atoms with Crippen LogP contribution < -0.4 is 0 Å². The summed E-state index contributed by atoms with van der Waals surface area (Å²) < 4.78 is 11.6. The Bertz CT molecular complexity index is 853. The summed E-state index contributed by atoms with van der Waals surface area (Å²) in [4.78, 5) is 0. The second-order valence-electron chi connectivity index (χ2n) is 4.37. The Labute approximate surface area is 217 Å². The van der Waals surface area contributed by atoms with Gasteiger partial charge in [-0.3, -0.25) is 13.8 Å². The van der Waals surface area contributed by atoms with E-state index in [4.69, 9.17) is 0 Å². The van der Waals surface area contributed by atoms with Gasteiger partial charge in [-0.1, -0.05) is 0 Å². The van der Waals surface area contributed by atoms with E-state index < -0.39 is 7.12 Å². The highest BCUT2D eigenvalue weighted by atomic mass is 79.9. The monoisotopic (exact) mass is 913 g/mol. The molecule has 0 unspecified atom stereocenters. The van der Waals surface area contributed by atoms with Crippen LogP contribution in [0.3, 0.4) is 0 Å². The van der Waals surface area contributed by atoms with Gasteiger partial charge in [-0.05, 0) is 143 Å². The minimum absolute atomic E-state index is 0.564. The lowest BCUT2D eigenvalue weighted by Crippen LogP contribution is -2.44. The molecule has 0 aliphatic carbocycles. The molecule has 132 valence electrons. The predicted molar refractivity (Wildman–Crippen MR) is 128 cm³/mol. The molecule has 0 aliphatic rings. The molecule has 25 heavy (non-hydrogen) atoms. The molecule has 0 saturated carbocycles. The summed E-state index contributed by atoms with van der Waals surface area (Å²) >= 11 is 31.4. The van der Waals surface area contributed by atoms with Gasteiger partial charge in [0.2, 0.25) is 0 Å². The quantitative estimate of drug-likeness (QED) is 0.265. The van der Waals surface area contributed by atoms with E-state index in [9.17, 15) is 0 Å². The average Bonchev–Trinajstić information content (AvgIpc) is 3.08. The maximum atomic E-state index is 4.54. The molecule has 0 aromatic carbocycles. The molecule has 3 aromatic rings. The van der Waals surface area contributed by atoms with Gasteiger partial charge in [0.05, 0.1) is 13.4 Å². The molecule has 0 radical (unpaired) electrons. The van der Waals surface area contributed by atoms with Crippen LogP contribution in [0.2, 0.25) is 0 Å². The first-order chi connectivity index (χ1) is 11.6.